The zero-order valence-corrected chi connectivity index (χ0v) is 21.1. The van der Waals surface area contributed by atoms with Gasteiger partial charge in [0, 0.05) is 43.2 Å². The van der Waals surface area contributed by atoms with E-state index in [1.165, 1.54) is 17.8 Å². The molecule has 5 rings (SSSR count). The SMILES string of the molecule is O=C1Nc2cc(C(=O)N3CCN(c4ccccc4Cl)CC3)ccc2N[C@H]1CSCc1ccccc1F. The number of benzene rings is 3. The minimum Gasteiger partial charge on any atom is -0.371 e. The van der Waals surface area contributed by atoms with Crippen molar-refractivity contribution in [2.45, 2.75) is 11.8 Å². The number of hydrogen-bond acceptors (Lipinski definition) is 5. The van der Waals surface area contributed by atoms with Crippen molar-refractivity contribution < 1.29 is 14.0 Å². The Bertz CT molecular complexity index is 1280. The van der Waals surface area contributed by atoms with Crippen molar-refractivity contribution in [3.05, 3.63) is 88.7 Å². The van der Waals surface area contributed by atoms with Crippen molar-refractivity contribution in [2.24, 2.45) is 0 Å². The quantitative estimate of drug-likeness (QED) is 0.469. The summed E-state index contributed by atoms with van der Waals surface area (Å²) in [6.45, 7) is 2.58. The van der Waals surface area contributed by atoms with Crippen molar-refractivity contribution in [2.75, 3.05) is 47.5 Å². The number of rotatable bonds is 6. The van der Waals surface area contributed by atoms with Crippen LogP contribution in [0.3, 0.4) is 0 Å². The number of thioether (sulfide) groups is 1. The van der Waals surface area contributed by atoms with Gasteiger partial charge in [0.2, 0.25) is 5.91 Å². The average molecular weight is 525 g/mol. The number of carbonyl (C=O) groups excluding carboxylic acids is 2. The lowest BCUT2D eigenvalue weighted by Gasteiger charge is -2.36. The summed E-state index contributed by atoms with van der Waals surface area (Å²) in [5.74, 6) is 0.520. The fourth-order valence-corrected chi connectivity index (χ4v) is 5.74. The van der Waals surface area contributed by atoms with Crippen LogP contribution in [-0.4, -0.2) is 54.7 Å². The van der Waals surface area contributed by atoms with Gasteiger partial charge in [0.15, 0.2) is 0 Å². The Morgan fingerprint density at radius 2 is 1.75 bits per heavy atom. The Balaban J connectivity index is 1.18. The zero-order valence-electron chi connectivity index (χ0n) is 19.5. The lowest BCUT2D eigenvalue weighted by molar-refractivity contribution is -0.116. The highest BCUT2D eigenvalue weighted by atomic mass is 35.5. The molecule has 3 aromatic carbocycles. The van der Waals surface area contributed by atoms with E-state index in [9.17, 15) is 14.0 Å². The van der Waals surface area contributed by atoms with E-state index in [2.05, 4.69) is 15.5 Å². The van der Waals surface area contributed by atoms with Gasteiger partial charge in [-0.25, -0.2) is 4.39 Å². The topological polar surface area (TPSA) is 64.7 Å². The number of fused-ring (bicyclic) bond motifs is 1. The fourth-order valence-electron chi connectivity index (χ4n) is 4.44. The van der Waals surface area contributed by atoms with Gasteiger partial charge in [-0.15, -0.1) is 0 Å². The highest BCUT2D eigenvalue weighted by molar-refractivity contribution is 7.98. The molecule has 9 heteroatoms. The van der Waals surface area contributed by atoms with Crippen LogP contribution in [0.15, 0.2) is 66.7 Å². The summed E-state index contributed by atoms with van der Waals surface area (Å²) in [5.41, 5.74) is 3.50. The largest absolute Gasteiger partial charge is 0.371 e. The second-order valence-corrected chi connectivity index (χ2v) is 10.2. The summed E-state index contributed by atoms with van der Waals surface area (Å²) >= 11 is 7.82. The molecule has 0 radical (unpaired) electrons. The van der Waals surface area contributed by atoms with Gasteiger partial charge in [0.25, 0.3) is 5.91 Å². The van der Waals surface area contributed by atoms with E-state index in [1.807, 2.05) is 35.2 Å². The number of amides is 2. The molecule has 0 aromatic heterocycles. The standard InChI is InChI=1S/C27H26ClFN4O2S/c28-20-6-2-4-8-25(20)32-11-13-33(14-12-32)27(35)18-9-10-22-23(15-18)31-26(34)24(30-22)17-36-16-19-5-1-3-7-21(19)29/h1-10,15,24,30H,11-14,16-17H2,(H,31,34)/t24-/m0/s1. The number of carbonyl (C=O) groups is 2. The van der Waals surface area contributed by atoms with Gasteiger partial charge in [0.1, 0.15) is 11.9 Å². The van der Waals surface area contributed by atoms with Crippen molar-refractivity contribution in [3.63, 3.8) is 0 Å². The number of halogens is 2. The predicted molar refractivity (Wildman–Crippen MR) is 145 cm³/mol. The normalized spacial score (nSPS) is 17.3. The van der Waals surface area contributed by atoms with E-state index < -0.39 is 6.04 Å². The summed E-state index contributed by atoms with van der Waals surface area (Å²) in [5, 5.41) is 6.88. The van der Waals surface area contributed by atoms with Crippen molar-refractivity contribution in [3.8, 4) is 0 Å². The first-order valence-electron chi connectivity index (χ1n) is 11.8. The molecule has 2 aliphatic rings. The smallest absolute Gasteiger partial charge is 0.254 e. The Morgan fingerprint density at radius 3 is 2.53 bits per heavy atom. The third-order valence-electron chi connectivity index (χ3n) is 6.43. The van der Waals surface area contributed by atoms with Gasteiger partial charge in [-0.1, -0.05) is 41.9 Å². The second-order valence-electron chi connectivity index (χ2n) is 8.78. The minimum absolute atomic E-state index is 0.0616. The predicted octanol–water partition coefficient (Wildman–Crippen LogP) is 5.11. The van der Waals surface area contributed by atoms with E-state index in [0.717, 1.165) is 11.4 Å². The third kappa shape index (κ3) is 5.29. The molecular weight excluding hydrogens is 499 g/mol. The van der Waals surface area contributed by atoms with Crippen LogP contribution in [-0.2, 0) is 10.5 Å². The lowest BCUT2D eigenvalue weighted by Crippen LogP contribution is -2.49. The van der Waals surface area contributed by atoms with Gasteiger partial charge < -0.3 is 20.4 Å². The Hall–Kier alpha value is -3.23. The zero-order chi connectivity index (χ0) is 25.1. The summed E-state index contributed by atoms with van der Waals surface area (Å²) in [6, 6.07) is 19.3. The van der Waals surface area contributed by atoms with Crippen LogP contribution in [0.1, 0.15) is 15.9 Å². The summed E-state index contributed by atoms with van der Waals surface area (Å²) < 4.78 is 13.8. The van der Waals surface area contributed by atoms with Crippen LogP contribution in [0.25, 0.3) is 0 Å². The molecule has 0 unspecified atom stereocenters. The summed E-state index contributed by atoms with van der Waals surface area (Å²) in [7, 11) is 0. The van der Waals surface area contributed by atoms with Crippen LogP contribution in [0.4, 0.5) is 21.5 Å². The maximum absolute atomic E-state index is 13.8. The average Bonchev–Trinajstić information content (AvgIpc) is 2.90. The molecule has 0 spiro atoms. The molecule has 2 aliphatic heterocycles. The first-order chi connectivity index (χ1) is 17.5. The first kappa shape index (κ1) is 24.5. The molecule has 0 aliphatic carbocycles. The van der Waals surface area contributed by atoms with Crippen molar-refractivity contribution >= 4 is 52.2 Å². The number of anilines is 3. The van der Waals surface area contributed by atoms with Crippen LogP contribution in [0.2, 0.25) is 5.02 Å². The number of piperazine rings is 1. The van der Waals surface area contributed by atoms with Gasteiger partial charge in [-0.3, -0.25) is 9.59 Å². The molecule has 6 nitrogen and oxygen atoms in total. The molecule has 0 saturated carbocycles. The Kier molecular flexibility index (Phi) is 7.34. The minimum atomic E-state index is -0.436. The summed E-state index contributed by atoms with van der Waals surface area (Å²) in [6.07, 6.45) is 0. The molecule has 2 amide bonds. The van der Waals surface area contributed by atoms with Crippen molar-refractivity contribution in [1.82, 2.24) is 4.90 Å². The molecule has 2 N–H and O–H groups in total. The number of nitrogens with zero attached hydrogens (tertiary/aromatic N) is 2. The monoisotopic (exact) mass is 524 g/mol. The maximum atomic E-state index is 13.8. The Morgan fingerprint density at radius 1 is 1.00 bits per heavy atom. The number of para-hydroxylation sites is 1. The van der Waals surface area contributed by atoms with Gasteiger partial charge >= 0.3 is 0 Å². The van der Waals surface area contributed by atoms with Gasteiger partial charge in [0.05, 0.1) is 22.1 Å². The molecule has 1 fully saturated rings. The van der Waals surface area contributed by atoms with Crippen LogP contribution >= 0.6 is 23.4 Å². The van der Waals surface area contributed by atoms with Crippen LogP contribution in [0.5, 0.6) is 0 Å². The fraction of sp³-hybridized carbons (Fsp3) is 0.259. The third-order valence-corrected chi connectivity index (χ3v) is 7.83. The lowest BCUT2D eigenvalue weighted by atomic mass is 10.1. The molecule has 186 valence electrons. The molecule has 0 bridgehead atoms. The van der Waals surface area contributed by atoms with Crippen molar-refractivity contribution in [1.29, 1.82) is 0 Å². The summed E-state index contributed by atoms with van der Waals surface area (Å²) in [4.78, 5) is 29.9. The Labute approximate surface area is 218 Å². The number of hydrogen-bond donors (Lipinski definition) is 2. The molecule has 3 aromatic rings. The first-order valence-corrected chi connectivity index (χ1v) is 13.3. The van der Waals surface area contributed by atoms with Gasteiger partial charge in [-0.05, 0) is 42.0 Å². The van der Waals surface area contributed by atoms with E-state index in [4.69, 9.17) is 11.6 Å². The van der Waals surface area contributed by atoms with E-state index in [0.29, 0.717) is 59.5 Å². The van der Waals surface area contributed by atoms with E-state index in [1.54, 1.807) is 30.3 Å². The van der Waals surface area contributed by atoms with E-state index >= 15 is 0 Å². The van der Waals surface area contributed by atoms with Gasteiger partial charge in [-0.2, -0.15) is 11.8 Å². The molecule has 1 atom stereocenters. The highest BCUT2D eigenvalue weighted by Crippen LogP contribution is 2.31. The van der Waals surface area contributed by atoms with E-state index in [-0.39, 0.29) is 17.6 Å². The molecule has 36 heavy (non-hydrogen) atoms. The second kappa shape index (κ2) is 10.8. The molecule has 1 saturated heterocycles. The van der Waals surface area contributed by atoms with Crippen LogP contribution < -0.4 is 15.5 Å². The molecule has 2 heterocycles. The maximum Gasteiger partial charge on any atom is 0.254 e. The number of nitrogens with one attached hydrogen (secondary N) is 2. The highest BCUT2D eigenvalue weighted by Gasteiger charge is 2.28. The van der Waals surface area contributed by atoms with Crippen LogP contribution in [0, 0.1) is 5.82 Å². The molecular formula is C27H26ClFN4O2S.